The molecule has 1 aromatic heterocycles. The molecular formula is C11H15NO4S2. The molecule has 1 saturated carbocycles. The van der Waals surface area contributed by atoms with Gasteiger partial charge in [-0.3, -0.25) is 4.79 Å². The molecule has 1 aliphatic carbocycles. The first-order valence-corrected chi connectivity index (χ1v) is 8.32. The third-order valence-corrected chi connectivity index (χ3v) is 4.93. The summed E-state index contributed by atoms with van der Waals surface area (Å²) < 4.78 is 28.2. The molecule has 5 nitrogen and oxygen atoms in total. The van der Waals surface area contributed by atoms with Gasteiger partial charge in [0.2, 0.25) is 0 Å². The molecule has 1 aliphatic rings. The van der Waals surface area contributed by atoms with Crippen LogP contribution in [0.2, 0.25) is 0 Å². The zero-order chi connectivity index (χ0) is 13.3. The Bertz CT molecular complexity index is 545. The average molecular weight is 289 g/mol. The van der Waals surface area contributed by atoms with E-state index < -0.39 is 15.9 Å². The first kappa shape index (κ1) is 13.5. The molecule has 1 atom stereocenters. The summed E-state index contributed by atoms with van der Waals surface area (Å²) in [5.41, 5.74) is 0. The summed E-state index contributed by atoms with van der Waals surface area (Å²) in [6.07, 6.45) is 2.60. The van der Waals surface area contributed by atoms with E-state index in [1.54, 1.807) is 5.38 Å². The number of methoxy groups -OCH3 is 1. The number of hydrogen-bond donors (Lipinski definition) is 1. The second kappa shape index (κ2) is 4.99. The monoisotopic (exact) mass is 289 g/mol. The molecule has 100 valence electrons. The van der Waals surface area contributed by atoms with Crippen LogP contribution >= 0.6 is 11.3 Å². The third kappa shape index (κ3) is 2.90. The number of nitrogens with one attached hydrogen (secondary N) is 1. The van der Waals surface area contributed by atoms with Gasteiger partial charge >= 0.3 is 0 Å². The molecule has 0 bridgehead atoms. The van der Waals surface area contributed by atoms with Crippen molar-refractivity contribution in [3.05, 3.63) is 11.4 Å². The molecule has 1 aromatic rings. The number of carbonyl (C=O) groups is 1. The van der Waals surface area contributed by atoms with Crippen molar-refractivity contribution in [3.8, 4) is 0 Å². The summed E-state index contributed by atoms with van der Waals surface area (Å²) in [4.78, 5) is 12.1. The van der Waals surface area contributed by atoms with Crippen molar-refractivity contribution < 1.29 is 17.9 Å². The topological polar surface area (TPSA) is 72.5 Å². The lowest BCUT2D eigenvalue weighted by Crippen LogP contribution is -2.31. The molecule has 1 fully saturated rings. The van der Waals surface area contributed by atoms with Crippen LogP contribution in [0.15, 0.2) is 16.3 Å². The lowest BCUT2D eigenvalue weighted by molar-refractivity contribution is -0.126. The summed E-state index contributed by atoms with van der Waals surface area (Å²) in [6, 6.07) is 1.49. The maximum atomic E-state index is 12.0. The number of thiophene rings is 1. The molecule has 1 N–H and O–H groups in total. The largest absolute Gasteiger partial charge is 0.371 e. The van der Waals surface area contributed by atoms with E-state index in [1.807, 2.05) is 0 Å². The number of sulfone groups is 1. The summed E-state index contributed by atoms with van der Waals surface area (Å²) in [5, 5.41) is 4.65. The zero-order valence-electron chi connectivity index (χ0n) is 10.2. The molecule has 1 heterocycles. The third-order valence-electron chi connectivity index (χ3n) is 2.83. The summed E-state index contributed by atoms with van der Waals surface area (Å²) >= 11 is 1.20. The van der Waals surface area contributed by atoms with Gasteiger partial charge in [0.15, 0.2) is 9.84 Å². The maximum Gasteiger partial charge on any atom is 0.254 e. The fourth-order valence-corrected chi connectivity index (χ4v) is 3.85. The van der Waals surface area contributed by atoms with Crippen molar-refractivity contribution in [1.29, 1.82) is 0 Å². The van der Waals surface area contributed by atoms with Gasteiger partial charge < -0.3 is 10.1 Å². The van der Waals surface area contributed by atoms with Crippen molar-refractivity contribution in [2.24, 2.45) is 5.92 Å². The fraction of sp³-hybridized carbons (Fsp3) is 0.545. The van der Waals surface area contributed by atoms with Gasteiger partial charge in [-0.2, -0.15) is 0 Å². The van der Waals surface area contributed by atoms with Gasteiger partial charge in [0.1, 0.15) is 16.0 Å². The Hall–Kier alpha value is -0.920. The van der Waals surface area contributed by atoms with Gasteiger partial charge in [-0.1, -0.05) is 0 Å². The van der Waals surface area contributed by atoms with Crippen LogP contribution in [-0.4, -0.2) is 33.8 Å². The van der Waals surface area contributed by atoms with E-state index in [1.165, 1.54) is 24.5 Å². The lowest BCUT2D eigenvalue weighted by Gasteiger charge is -2.14. The number of rotatable bonds is 5. The van der Waals surface area contributed by atoms with E-state index in [9.17, 15) is 13.2 Å². The molecule has 0 aromatic carbocycles. The fourth-order valence-electron chi connectivity index (χ4n) is 1.78. The molecule has 0 aliphatic heterocycles. The second-order valence-corrected chi connectivity index (χ2v) is 7.27. The SMILES string of the molecule is CO[C@H](C(=O)Nc1sccc1S(C)(=O)=O)C1CC1. The summed E-state index contributed by atoms with van der Waals surface area (Å²) in [5.74, 6) is -0.0102. The molecule has 0 radical (unpaired) electrons. The van der Waals surface area contributed by atoms with Crippen molar-refractivity contribution in [2.45, 2.75) is 23.8 Å². The normalized spacial score (nSPS) is 17.4. The van der Waals surface area contributed by atoms with Crippen LogP contribution in [0.5, 0.6) is 0 Å². The highest BCUT2D eigenvalue weighted by Crippen LogP contribution is 2.35. The van der Waals surface area contributed by atoms with Gasteiger partial charge in [-0.25, -0.2) is 8.42 Å². The zero-order valence-corrected chi connectivity index (χ0v) is 11.8. The van der Waals surface area contributed by atoms with Gasteiger partial charge in [0.05, 0.1) is 0 Å². The van der Waals surface area contributed by atoms with E-state index in [0.717, 1.165) is 19.1 Å². The quantitative estimate of drug-likeness (QED) is 0.892. The molecule has 2 rings (SSSR count). The van der Waals surface area contributed by atoms with Gasteiger partial charge in [0.25, 0.3) is 5.91 Å². The van der Waals surface area contributed by atoms with E-state index in [4.69, 9.17) is 4.74 Å². The molecule has 0 unspecified atom stereocenters. The van der Waals surface area contributed by atoms with Crippen LogP contribution in [0, 0.1) is 5.92 Å². The molecule has 0 saturated heterocycles. The highest BCUT2D eigenvalue weighted by molar-refractivity contribution is 7.91. The molecule has 18 heavy (non-hydrogen) atoms. The lowest BCUT2D eigenvalue weighted by atomic mass is 10.2. The van der Waals surface area contributed by atoms with Crippen molar-refractivity contribution in [3.63, 3.8) is 0 Å². The van der Waals surface area contributed by atoms with Crippen molar-refractivity contribution >= 4 is 32.1 Å². The van der Waals surface area contributed by atoms with E-state index >= 15 is 0 Å². The second-order valence-electron chi connectivity index (χ2n) is 4.37. The van der Waals surface area contributed by atoms with Gasteiger partial charge in [0, 0.05) is 13.4 Å². The maximum absolute atomic E-state index is 12.0. The predicted octanol–water partition coefficient (Wildman–Crippen LogP) is 1.52. The Morgan fingerprint density at radius 3 is 2.72 bits per heavy atom. The Labute approximate surface area is 110 Å². The first-order chi connectivity index (χ1) is 8.43. The molecule has 1 amide bonds. The Morgan fingerprint density at radius 1 is 1.56 bits per heavy atom. The summed E-state index contributed by atoms with van der Waals surface area (Å²) in [6.45, 7) is 0. The highest BCUT2D eigenvalue weighted by Gasteiger charge is 2.36. The van der Waals surface area contributed by atoms with Crippen molar-refractivity contribution in [1.82, 2.24) is 0 Å². The number of ether oxygens (including phenoxy) is 1. The van der Waals surface area contributed by atoms with Crippen LogP contribution < -0.4 is 5.32 Å². The number of hydrogen-bond acceptors (Lipinski definition) is 5. The van der Waals surface area contributed by atoms with E-state index in [-0.39, 0.29) is 16.7 Å². The minimum atomic E-state index is -3.32. The number of amides is 1. The Balaban J connectivity index is 2.14. The molecule has 0 spiro atoms. The first-order valence-electron chi connectivity index (χ1n) is 5.54. The number of carbonyl (C=O) groups excluding carboxylic acids is 1. The van der Waals surface area contributed by atoms with Crippen LogP contribution in [0.3, 0.4) is 0 Å². The van der Waals surface area contributed by atoms with Gasteiger partial charge in [-0.15, -0.1) is 11.3 Å². The Kier molecular flexibility index (Phi) is 3.74. The van der Waals surface area contributed by atoms with Gasteiger partial charge in [-0.05, 0) is 30.2 Å². The minimum absolute atomic E-state index is 0.159. The minimum Gasteiger partial charge on any atom is -0.371 e. The average Bonchev–Trinajstić information content (AvgIpc) is 2.97. The van der Waals surface area contributed by atoms with E-state index in [2.05, 4.69) is 5.32 Å². The van der Waals surface area contributed by atoms with E-state index in [0.29, 0.717) is 5.00 Å². The Morgan fingerprint density at radius 2 is 2.22 bits per heavy atom. The van der Waals surface area contributed by atoms with Crippen molar-refractivity contribution in [2.75, 3.05) is 18.7 Å². The summed E-state index contributed by atoms with van der Waals surface area (Å²) in [7, 11) is -1.82. The van der Waals surface area contributed by atoms with Crippen LogP contribution in [0.4, 0.5) is 5.00 Å². The standard InChI is InChI=1S/C11H15NO4S2/c1-16-9(7-3-4-7)10(13)12-11-8(5-6-17-11)18(2,14)15/h5-7,9H,3-4H2,1-2H3,(H,12,13)/t9-/m0/s1. The molecular weight excluding hydrogens is 274 g/mol. The smallest absolute Gasteiger partial charge is 0.254 e. The van der Waals surface area contributed by atoms with Crippen LogP contribution in [0.25, 0.3) is 0 Å². The number of anilines is 1. The van der Waals surface area contributed by atoms with Crippen LogP contribution in [0.1, 0.15) is 12.8 Å². The highest BCUT2D eigenvalue weighted by atomic mass is 32.2. The predicted molar refractivity (Wildman–Crippen MR) is 69.6 cm³/mol. The van der Waals surface area contributed by atoms with Crippen LogP contribution in [-0.2, 0) is 19.4 Å². The molecule has 7 heteroatoms.